The van der Waals surface area contributed by atoms with Crippen LogP contribution in [0.5, 0.6) is 0 Å². The second-order valence-electron chi connectivity index (χ2n) is 9.55. The van der Waals surface area contributed by atoms with Crippen LogP contribution in [-0.4, -0.2) is 51.8 Å². The van der Waals surface area contributed by atoms with Crippen molar-refractivity contribution in [3.05, 3.63) is 0 Å². The molecule has 1 saturated heterocycles. The zero-order valence-electron chi connectivity index (χ0n) is 16.2. The van der Waals surface area contributed by atoms with Gasteiger partial charge in [-0.25, -0.2) is 0 Å². The largest absolute Gasteiger partial charge is 0.550 e. The van der Waals surface area contributed by atoms with Crippen molar-refractivity contribution in [2.24, 2.45) is 22.7 Å². The van der Waals surface area contributed by atoms with E-state index in [1.807, 2.05) is 6.92 Å². The van der Waals surface area contributed by atoms with E-state index in [0.29, 0.717) is 19.3 Å². The number of aliphatic hydroxyl groups excluding tert-OH is 3. The average molecular weight is 369 g/mol. The first kappa shape index (κ1) is 20.1. The Morgan fingerprint density at radius 1 is 1.12 bits per heavy atom. The smallest absolute Gasteiger partial charge is 0.0972 e. The SMILES string of the molecule is C[C@@H]1CC[C@@H]2[C@](C)(CO)[C@@H](O)CC[C@]2(C)[C@@]12CC[C@@](CO)(CC(=O)[O-])O2. The molecule has 6 heteroatoms. The van der Waals surface area contributed by atoms with E-state index in [1.165, 1.54) is 0 Å². The molecular weight excluding hydrogens is 336 g/mol. The maximum Gasteiger partial charge on any atom is 0.0972 e. The van der Waals surface area contributed by atoms with Crippen LogP contribution in [-0.2, 0) is 9.53 Å². The second kappa shape index (κ2) is 6.43. The van der Waals surface area contributed by atoms with E-state index in [0.717, 1.165) is 19.3 Å². The number of hydrogen-bond acceptors (Lipinski definition) is 6. The number of hydrogen-bond donors (Lipinski definition) is 3. The summed E-state index contributed by atoms with van der Waals surface area (Å²) in [5.41, 5.74) is -2.53. The van der Waals surface area contributed by atoms with Crippen LogP contribution in [0.4, 0.5) is 0 Å². The summed E-state index contributed by atoms with van der Waals surface area (Å²) in [4.78, 5) is 11.3. The van der Waals surface area contributed by atoms with Crippen molar-refractivity contribution in [3.8, 4) is 0 Å². The number of carboxylic acid groups (broad SMARTS) is 1. The highest BCUT2D eigenvalue weighted by molar-refractivity contribution is 5.66. The van der Waals surface area contributed by atoms with E-state index in [4.69, 9.17) is 4.74 Å². The van der Waals surface area contributed by atoms with Gasteiger partial charge >= 0.3 is 0 Å². The number of rotatable bonds is 4. The molecule has 2 aliphatic carbocycles. The summed E-state index contributed by atoms with van der Waals surface area (Å²) in [5.74, 6) is -0.907. The van der Waals surface area contributed by atoms with Crippen molar-refractivity contribution in [2.45, 2.75) is 83.0 Å². The Bertz CT molecular complexity index is 567. The first-order valence-corrected chi connectivity index (χ1v) is 9.89. The summed E-state index contributed by atoms with van der Waals surface area (Å²) in [6.07, 6.45) is 3.48. The van der Waals surface area contributed by atoms with Crippen molar-refractivity contribution in [3.63, 3.8) is 0 Å². The summed E-state index contributed by atoms with van der Waals surface area (Å²) in [5, 5.41) is 41.9. The minimum Gasteiger partial charge on any atom is -0.550 e. The predicted molar refractivity (Wildman–Crippen MR) is 92.9 cm³/mol. The summed E-state index contributed by atoms with van der Waals surface area (Å²) >= 11 is 0. The predicted octanol–water partition coefficient (Wildman–Crippen LogP) is 0.612. The molecule has 3 N–H and O–H groups in total. The topological polar surface area (TPSA) is 110 Å². The molecule has 0 aromatic carbocycles. The van der Waals surface area contributed by atoms with E-state index >= 15 is 0 Å². The third-order valence-electron chi connectivity index (χ3n) is 8.36. The molecule has 2 saturated carbocycles. The van der Waals surface area contributed by atoms with Crippen molar-refractivity contribution >= 4 is 5.97 Å². The van der Waals surface area contributed by atoms with Crippen LogP contribution in [0.25, 0.3) is 0 Å². The molecule has 1 aliphatic heterocycles. The van der Waals surface area contributed by atoms with Gasteiger partial charge in [-0.3, -0.25) is 0 Å². The highest BCUT2D eigenvalue weighted by Gasteiger charge is 2.68. The molecule has 6 nitrogen and oxygen atoms in total. The summed E-state index contributed by atoms with van der Waals surface area (Å²) in [6.45, 7) is 5.87. The van der Waals surface area contributed by atoms with Gasteiger partial charge in [0.2, 0.25) is 0 Å². The number of aliphatic carboxylic acids is 1. The lowest BCUT2D eigenvalue weighted by atomic mass is 9.43. The zero-order chi connectivity index (χ0) is 19.4. The number of carboxylic acids is 1. The number of aliphatic hydroxyl groups is 3. The Labute approximate surface area is 155 Å². The molecule has 0 aromatic rings. The van der Waals surface area contributed by atoms with Crippen LogP contribution in [0.15, 0.2) is 0 Å². The fourth-order valence-corrected chi connectivity index (χ4v) is 6.69. The number of ether oxygens (including phenoxy) is 1. The molecule has 0 amide bonds. The molecule has 3 fully saturated rings. The van der Waals surface area contributed by atoms with Gasteiger partial charge in [-0.15, -0.1) is 0 Å². The molecule has 0 radical (unpaired) electrons. The van der Waals surface area contributed by atoms with E-state index in [9.17, 15) is 25.2 Å². The number of carbonyl (C=O) groups is 1. The van der Waals surface area contributed by atoms with Gasteiger partial charge < -0.3 is 30.0 Å². The lowest BCUT2D eigenvalue weighted by molar-refractivity contribution is -0.315. The van der Waals surface area contributed by atoms with Crippen LogP contribution >= 0.6 is 0 Å². The van der Waals surface area contributed by atoms with Crippen LogP contribution in [0.3, 0.4) is 0 Å². The molecule has 1 heterocycles. The Morgan fingerprint density at radius 3 is 2.38 bits per heavy atom. The van der Waals surface area contributed by atoms with Crippen molar-refractivity contribution < 1.29 is 30.0 Å². The highest BCUT2D eigenvalue weighted by Crippen LogP contribution is 2.67. The summed E-state index contributed by atoms with van der Waals surface area (Å²) in [7, 11) is 0. The molecule has 0 bridgehead atoms. The van der Waals surface area contributed by atoms with Gasteiger partial charge in [-0.05, 0) is 50.4 Å². The van der Waals surface area contributed by atoms with E-state index in [-0.39, 0.29) is 36.9 Å². The van der Waals surface area contributed by atoms with Gasteiger partial charge in [0.05, 0.1) is 30.5 Å². The minimum atomic E-state index is -1.21. The van der Waals surface area contributed by atoms with Gasteiger partial charge in [0.1, 0.15) is 0 Å². The van der Waals surface area contributed by atoms with E-state index < -0.39 is 28.7 Å². The molecule has 3 rings (SSSR count). The van der Waals surface area contributed by atoms with Gasteiger partial charge in [-0.2, -0.15) is 0 Å². The lowest BCUT2D eigenvalue weighted by Crippen LogP contribution is -2.66. The molecule has 1 spiro atoms. The first-order chi connectivity index (χ1) is 12.1. The average Bonchev–Trinajstić information content (AvgIpc) is 2.98. The zero-order valence-corrected chi connectivity index (χ0v) is 16.2. The third kappa shape index (κ3) is 2.56. The molecule has 0 unspecified atom stereocenters. The van der Waals surface area contributed by atoms with Gasteiger partial charge in [0.25, 0.3) is 0 Å². The monoisotopic (exact) mass is 369 g/mol. The molecule has 7 atom stereocenters. The number of carbonyl (C=O) groups excluding carboxylic acids is 1. The molecule has 0 aromatic heterocycles. The van der Waals surface area contributed by atoms with Crippen LogP contribution < -0.4 is 5.11 Å². The Balaban J connectivity index is 2.02. The van der Waals surface area contributed by atoms with Crippen molar-refractivity contribution in [1.29, 1.82) is 0 Å². The van der Waals surface area contributed by atoms with Crippen molar-refractivity contribution in [2.75, 3.05) is 13.2 Å². The lowest BCUT2D eigenvalue weighted by Gasteiger charge is -2.65. The second-order valence-corrected chi connectivity index (χ2v) is 9.55. The highest BCUT2D eigenvalue weighted by atomic mass is 16.5. The normalized spacial score (nSPS) is 51.4. The molecular formula is C20H33O6-. The fraction of sp³-hybridized carbons (Fsp3) is 0.950. The van der Waals surface area contributed by atoms with Gasteiger partial charge in [0, 0.05) is 23.2 Å². The standard InChI is InChI=1S/C20H34O6/c1-13-4-5-14-17(2,11-21)15(23)6-7-18(14,3)20(13)9-8-19(12-22,26-20)10-16(24)25/h13-15,21-23H,4-12H2,1-3H3,(H,24,25)/p-1/t13-,14-,15+,17+,18+,19+,20-/m1/s1. The maximum absolute atomic E-state index is 11.3. The van der Waals surface area contributed by atoms with Crippen LogP contribution in [0.1, 0.15) is 65.7 Å². The van der Waals surface area contributed by atoms with E-state index in [2.05, 4.69) is 13.8 Å². The summed E-state index contributed by atoms with van der Waals surface area (Å²) in [6, 6.07) is 0. The first-order valence-electron chi connectivity index (χ1n) is 9.89. The number of fused-ring (bicyclic) bond motifs is 2. The minimum absolute atomic E-state index is 0.0803. The maximum atomic E-state index is 11.3. The Morgan fingerprint density at radius 2 is 1.81 bits per heavy atom. The van der Waals surface area contributed by atoms with Crippen LogP contribution in [0, 0.1) is 22.7 Å². The van der Waals surface area contributed by atoms with Gasteiger partial charge in [-0.1, -0.05) is 20.8 Å². The quantitative estimate of drug-likeness (QED) is 0.670. The Hall–Kier alpha value is -0.690. The van der Waals surface area contributed by atoms with Crippen molar-refractivity contribution in [1.82, 2.24) is 0 Å². The van der Waals surface area contributed by atoms with Gasteiger partial charge in [0.15, 0.2) is 0 Å². The Kier molecular flexibility index (Phi) is 4.96. The molecule has 3 aliphatic rings. The van der Waals surface area contributed by atoms with E-state index in [1.54, 1.807) is 0 Å². The molecule has 26 heavy (non-hydrogen) atoms. The van der Waals surface area contributed by atoms with Crippen LogP contribution in [0.2, 0.25) is 0 Å². The fourth-order valence-electron chi connectivity index (χ4n) is 6.69. The summed E-state index contributed by atoms with van der Waals surface area (Å²) < 4.78 is 6.56. The third-order valence-corrected chi connectivity index (χ3v) is 8.36. The molecule has 150 valence electrons.